The van der Waals surface area contributed by atoms with Crippen LogP contribution in [-0.4, -0.2) is 35.2 Å². The Morgan fingerprint density at radius 3 is 2.17 bits per heavy atom. The summed E-state index contributed by atoms with van der Waals surface area (Å²) in [7, 11) is 0. The van der Waals surface area contributed by atoms with Gasteiger partial charge >= 0.3 is 6.03 Å². The predicted octanol–water partition coefficient (Wildman–Crippen LogP) is 3.16. The summed E-state index contributed by atoms with van der Waals surface area (Å²) in [6.45, 7) is -0.493. The first kappa shape index (κ1) is 22.8. The number of primary amides is 1. The molecular formula is C26H24N4O4S. The smallest absolute Gasteiger partial charge is 0.326 e. The Hall–Kier alpha value is -3.98. The summed E-state index contributed by atoms with van der Waals surface area (Å²) in [6.07, 6.45) is 3.55. The fourth-order valence-electron chi connectivity index (χ4n) is 4.88. The van der Waals surface area contributed by atoms with Gasteiger partial charge in [-0.2, -0.15) is 0 Å². The van der Waals surface area contributed by atoms with Crippen molar-refractivity contribution in [2.24, 2.45) is 5.73 Å². The molecule has 5 amide bonds. The van der Waals surface area contributed by atoms with Gasteiger partial charge in [-0.25, -0.2) is 4.79 Å². The highest BCUT2D eigenvalue weighted by atomic mass is 32.1. The van der Waals surface area contributed by atoms with Crippen LogP contribution in [0.3, 0.4) is 0 Å². The molecule has 1 fully saturated rings. The molecular weight excluding hydrogens is 464 g/mol. The lowest BCUT2D eigenvalue weighted by atomic mass is 9.82. The van der Waals surface area contributed by atoms with Gasteiger partial charge in [-0.15, -0.1) is 11.3 Å². The predicted molar refractivity (Wildman–Crippen MR) is 132 cm³/mol. The van der Waals surface area contributed by atoms with Gasteiger partial charge in [0.05, 0.1) is 5.56 Å². The van der Waals surface area contributed by atoms with Gasteiger partial charge in [-0.3, -0.25) is 19.3 Å². The monoisotopic (exact) mass is 488 g/mol. The van der Waals surface area contributed by atoms with E-state index in [-0.39, 0.29) is 0 Å². The molecule has 3 aromatic rings. The van der Waals surface area contributed by atoms with Crippen LogP contribution in [0.2, 0.25) is 0 Å². The van der Waals surface area contributed by atoms with Crippen LogP contribution in [-0.2, 0) is 28.0 Å². The van der Waals surface area contributed by atoms with Gasteiger partial charge in [0.2, 0.25) is 5.91 Å². The third kappa shape index (κ3) is 3.87. The minimum atomic E-state index is -1.44. The first-order chi connectivity index (χ1) is 16.9. The van der Waals surface area contributed by atoms with Crippen molar-refractivity contribution in [2.75, 3.05) is 11.9 Å². The van der Waals surface area contributed by atoms with Crippen molar-refractivity contribution in [3.05, 3.63) is 87.8 Å². The summed E-state index contributed by atoms with van der Waals surface area (Å²) in [4.78, 5) is 53.9. The third-order valence-corrected chi connectivity index (χ3v) is 7.70. The van der Waals surface area contributed by atoms with Crippen molar-refractivity contribution in [1.29, 1.82) is 0 Å². The second kappa shape index (κ2) is 8.99. The number of benzene rings is 2. The number of anilines is 1. The zero-order valence-electron chi connectivity index (χ0n) is 18.9. The molecule has 9 heteroatoms. The van der Waals surface area contributed by atoms with Crippen molar-refractivity contribution >= 4 is 40.1 Å². The number of urea groups is 1. The molecule has 5 rings (SSSR count). The molecule has 0 bridgehead atoms. The molecule has 4 N–H and O–H groups in total. The summed E-state index contributed by atoms with van der Waals surface area (Å²) < 4.78 is 0. The fraction of sp³-hybridized carbons (Fsp3) is 0.231. The molecule has 2 heterocycles. The minimum Gasteiger partial charge on any atom is -0.365 e. The molecule has 0 spiro atoms. The van der Waals surface area contributed by atoms with Crippen LogP contribution in [0.4, 0.5) is 9.80 Å². The van der Waals surface area contributed by atoms with Crippen LogP contribution in [0, 0.1) is 0 Å². The molecule has 35 heavy (non-hydrogen) atoms. The zero-order chi connectivity index (χ0) is 24.6. The summed E-state index contributed by atoms with van der Waals surface area (Å²) in [5, 5.41) is 5.93. The number of amides is 5. The molecule has 2 aromatic carbocycles. The van der Waals surface area contributed by atoms with Gasteiger partial charge in [0.1, 0.15) is 11.5 Å². The Labute approximate surface area is 206 Å². The first-order valence-corrected chi connectivity index (χ1v) is 12.2. The SMILES string of the molecule is NC(=O)c1c(NC(=O)CN2C(=O)NC(c3ccccc3)(c3ccccc3)C2=O)sc2c1CCCC2. The average molecular weight is 489 g/mol. The lowest BCUT2D eigenvalue weighted by Gasteiger charge is -2.27. The standard InChI is InChI=1S/C26H24N4O4S/c27-22(32)21-18-13-7-8-14-19(18)35-23(21)28-20(31)15-30-24(33)26(29-25(30)34,16-9-3-1-4-10-16)17-11-5-2-6-12-17/h1-6,9-12H,7-8,13-15H2,(H2,27,32)(H,28,31)(H,29,34). The number of carbonyl (C=O) groups excluding carboxylic acids is 4. The van der Waals surface area contributed by atoms with Crippen LogP contribution in [0.5, 0.6) is 0 Å². The van der Waals surface area contributed by atoms with Crippen LogP contribution >= 0.6 is 11.3 Å². The van der Waals surface area contributed by atoms with E-state index in [0.29, 0.717) is 21.7 Å². The highest BCUT2D eigenvalue weighted by molar-refractivity contribution is 7.17. The van der Waals surface area contributed by atoms with E-state index in [1.807, 2.05) is 12.1 Å². The third-order valence-electron chi connectivity index (χ3n) is 6.49. The maximum atomic E-state index is 13.8. The van der Waals surface area contributed by atoms with Crippen molar-refractivity contribution in [2.45, 2.75) is 31.2 Å². The van der Waals surface area contributed by atoms with Gasteiger partial charge in [0, 0.05) is 4.88 Å². The second-order valence-corrected chi connectivity index (χ2v) is 9.74. The number of nitrogens with two attached hydrogens (primary N) is 1. The number of thiophene rings is 1. The number of hydrogen-bond donors (Lipinski definition) is 3. The first-order valence-electron chi connectivity index (χ1n) is 11.4. The minimum absolute atomic E-state index is 0.332. The van der Waals surface area contributed by atoms with Crippen LogP contribution < -0.4 is 16.4 Å². The molecule has 0 saturated carbocycles. The number of carbonyl (C=O) groups is 4. The van der Waals surface area contributed by atoms with Crippen molar-refractivity contribution < 1.29 is 19.2 Å². The molecule has 2 aliphatic rings. The topological polar surface area (TPSA) is 122 Å². The van der Waals surface area contributed by atoms with Gasteiger partial charge in [0.15, 0.2) is 5.54 Å². The summed E-state index contributed by atoms with van der Waals surface area (Å²) >= 11 is 1.33. The number of aryl methyl sites for hydroxylation is 1. The molecule has 1 aliphatic carbocycles. The molecule has 1 aliphatic heterocycles. The fourth-order valence-corrected chi connectivity index (χ4v) is 6.19. The average Bonchev–Trinajstić information content (AvgIpc) is 3.35. The van der Waals surface area contributed by atoms with E-state index in [0.717, 1.165) is 41.0 Å². The quantitative estimate of drug-likeness (QED) is 0.462. The van der Waals surface area contributed by atoms with Crippen LogP contribution in [0.25, 0.3) is 0 Å². The normalized spacial score (nSPS) is 16.5. The van der Waals surface area contributed by atoms with Gasteiger partial charge in [0.25, 0.3) is 11.8 Å². The summed E-state index contributed by atoms with van der Waals surface area (Å²) in [5.74, 6) is -1.72. The van der Waals surface area contributed by atoms with Crippen molar-refractivity contribution in [3.8, 4) is 0 Å². The number of hydrogen-bond acceptors (Lipinski definition) is 5. The molecule has 178 valence electrons. The van der Waals surface area contributed by atoms with E-state index in [4.69, 9.17) is 5.73 Å². The number of fused-ring (bicyclic) bond motifs is 1. The van der Waals surface area contributed by atoms with Gasteiger partial charge in [-0.1, -0.05) is 60.7 Å². The maximum Gasteiger partial charge on any atom is 0.326 e. The molecule has 1 aromatic heterocycles. The Bertz CT molecular complexity index is 1280. The highest BCUT2D eigenvalue weighted by Crippen LogP contribution is 2.39. The van der Waals surface area contributed by atoms with Crippen molar-refractivity contribution in [1.82, 2.24) is 10.2 Å². The largest absolute Gasteiger partial charge is 0.365 e. The number of rotatable bonds is 6. The lowest BCUT2D eigenvalue weighted by Crippen LogP contribution is -2.45. The van der Waals surface area contributed by atoms with E-state index in [9.17, 15) is 19.2 Å². The Morgan fingerprint density at radius 2 is 1.57 bits per heavy atom. The molecule has 8 nitrogen and oxygen atoms in total. The van der Waals surface area contributed by atoms with Gasteiger partial charge < -0.3 is 16.4 Å². The van der Waals surface area contributed by atoms with E-state index in [2.05, 4.69) is 10.6 Å². The second-order valence-electron chi connectivity index (χ2n) is 8.63. The number of nitrogens with zero attached hydrogens (tertiary/aromatic N) is 1. The lowest BCUT2D eigenvalue weighted by molar-refractivity contribution is -0.133. The highest BCUT2D eigenvalue weighted by Gasteiger charge is 2.54. The molecule has 0 radical (unpaired) electrons. The molecule has 0 unspecified atom stereocenters. The zero-order valence-corrected chi connectivity index (χ0v) is 19.7. The summed E-state index contributed by atoms with van der Waals surface area (Å²) in [5.41, 5.74) is 6.58. The number of nitrogens with one attached hydrogen (secondary N) is 2. The molecule has 1 saturated heterocycles. The van der Waals surface area contributed by atoms with Crippen molar-refractivity contribution in [3.63, 3.8) is 0 Å². The van der Waals surface area contributed by atoms with E-state index in [1.54, 1.807) is 48.5 Å². The van der Waals surface area contributed by atoms with E-state index < -0.39 is 35.8 Å². The Balaban J connectivity index is 1.44. The van der Waals surface area contributed by atoms with E-state index in [1.165, 1.54) is 11.3 Å². The number of imide groups is 1. The molecule has 0 atom stereocenters. The Morgan fingerprint density at radius 1 is 0.971 bits per heavy atom. The van der Waals surface area contributed by atoms with Crippen LogP contribution in [0.1, 0.15) is 44.8 Å². The van der Waals surface area contributed by atoms with Crippen LogP contribution in [0.15, 0.2) is 60.7 Å². The Kier molecular flexibility index (Phi) is 5.86. The summed E-state index contributed by atoms with van der Waals surface area (Å²) in [6, 6.07) is 17.2. The maximum absolute atomic E-state index is 13.8. The van der Waals surface area contributed by atoms with E-state index >= 15 is 0 Å². The van der Waals surface area contributed by atoms with Gasteiger partial charge in [-0.05, 0) is 42.4 Å².